The van der Waals surface area contributed by atoms with E-state index in [-0.39, 0.29) is 6.10 Å². The first-order chi connectivity index (χ1) is 9.06. The van der Waals surface area contributed by atoms with E-state index in [0.29, 0.717) is 0 Å². The molecule has 5 nitrogen and oxygen atoms in total. The Balaban J connectivity index is 2.24. The van der Waals surface area contributed by atoms with Gasteiger partial charge in [-0.05, 0) is 63.4 Å². The summed E-state index contributed by atoms with van der Waals surface area (Å²) >= 11 is 6.99. The monoisotopic (exact) mass is 386 g/mol. The molecule has 2 rings (SSSR count). The van der Waals surface area contributed by atoms with E-state index < -0.39 is 0 Å². The molecule has 0 spiro atoms. The molecule has 19 heavy (non-hydrogen) atoms. The van der Waals surface area contributed by atoms with Gasteiger partial charge in [-0.2, -0.15) is 5.10 Å². The van der Waals surface area contributed by atoms with Crippen LogP contribution in [0.3, 0.4) is 0 Å². The molecule has 100 valence electrons. The standard InChI is InChI=1S/C12H12Br2N4O/c1-8(2)19-12-10(13)3-9(4-11(12)14)5-17-18-6-15-16-7-18/h3-8H,1-2H3/b17-5-. The van der Waals surface area contributed by atoms with Gasteiger partial charge >= 0.3 is 0 Å². The fourth-order valence-electron chi connectivity index (χ4n) is 1.39. The molecule has 1 aromatic heterocycles. The van der Waals surface area contributed by atoms with Crippen LogP contribution < -0.4 is 4.74 Å². The van der Waals surface area contributed by atoms with Gasteiger partial charge in [-0.3, -0.25) is 0 Å². The SMILES string of the molecule is CC(C)Oc1c(Br)cc(/C=N\n2cnnc2)cc1Br. The van der Waals surface area contributed by atoms with Crippen LogP contribution in [0.1, 0.15) is 19.4 Å². The van der Waals surface area contributed by atoms with Crippen molar-refractivity contribution in [2.45, 2.75) is 20.0 Å². The average molecular weight is 388 g/mol. The summed E-state index contributed by atoms with van der Waals surface area (Å²) in [4.78, 5) is 0. The lowest BCUT2D eigenvalue weighted by Gasteiger charge is -2.13. The zero-order valence-electron chi connectivity index (χ0n) is 10.4. The van der Waals surface area contributed by atoms with Crippen LogP contribution in [0, 0.1) is 0 Å². The topological polar surface area (TPSA) is 52.3 Å². The number of halogens is 2. The maximum Gasteiger partial charge on any atom is 0.148 e. The number of ether oxygens (including phenoxy) is 1. The molecule has 1 heterocycles. The molecule has 0 unspecified atom stereocenters. The van der Waals surface area contributed by atoms with Gasteiger partial charge in [-0.25, -0.2) is 4.68 Å². The molecule has 0 saturated heterocycles. The van der Waals surface area contributed by atoms with E-state index in [9.17, 15) is 0 Å². The number of rotatable bonds is 4. The predicted octanol–water partition coefficient (Wildman–Crippen LogP) is 3.47. The summed E-state index contributed by atoms with van der Waals surface area (Å²) in [5.74, 6) is 0.788. The Bertz CT molecular complexity index is 558. The molecule has 0 bridgehead atoms. The first kappa shape index (κ1) is 14.2. The van der Waals surface area contributed by atoms with Crippen molar-refractivity contribution in [1.29, 1.82) is 0 Å². The van der Waals surface area contributed by atoms with Gasteiger partial charge < -0.3 is 4.74 Å². The molecule has 0 saturated carbocycles. The molecular formula is C12H12Br2N4O. The lowest BCUT2D eigenvalue weighted by atomic mass is 10.2. The Morgan fingerprint density at radius 1 is 1.21 bits per heavy atom. The number of benzene rings is 1. The molecule has 0 aliphatic carbocycles. The minimum absolute atomic E-state index is 0.115. The van der Waals surface area contributed by atoms with Crippen molar-refractivity contribution in [3.8, 4) is 5.75 Å². The van der Waals surface area contributed by atoms with Gasteiger partial charge in [0.1, 0.15) is 18.4 Å². The fraction of sp³-hybridized carbons (Fsp3) is 0.250. The summed E-state index contributed by atoms with van der Waals surface area (Å²) in [6, 6.07) is 3.88. The minimum atomic E-state index is 0.115. The third-order valence-corrected chi connectivity index (χ3v) is 3.30. The normalized spacial score (nSPS) is 11.4. The summed E-state index contributed by atoms with van der Waals surface area (Å²) in [6.45, 7) is 3.97. The van der Waals surface area contributed by atoms with Gasteiger partial charge in [0.2, 0.25) is 0 Å². The van der Waals surface area contributed by atoms with Crippen LogP contribution in [0.5, 0.6) is 5.75 Å². The highest BCUT2D eigenvalue weighted by atomic mass is 79.9. The highest BCUT2D eigenvalue weighted by molar-refractivity contribution is 9.11. The summed E-state index contributed by atoms with van der Waals surface area (Å²) < 4.78 is 9.00. The number of aromatic nitrogens is 3. The van der Waals surface area contributed by atoms with Crippen molar-refractivity contribution in [3.63, 3.8) is 0 Å². The lowest BCUT2D eigenvalue weighted by Crippen LogP contribution is -2.06. The lowest BCUT2D eigenvalue weighted by molar-refractivity contribution is 0.239. The van der Waals surface area contributed by atoms with Crippen LogP contribution in [0.25, 0.3) is 0 Å². The summed E-state index contributed by atoms with van der Waals surface area (Å²) in [7, 11) is 0. The van der Waals surface area contributed by atoms with E-state index in [4.69, 9.17) is 4.74 Å². The van der Waals surface area contributed by atoms with E-state index in [0.717, 1.165) is 20.3 Å². The first-order valence-corrected chi connectivity index (χ1v) is 7.19. The Morgan fingerprint density at radius 2 is 1.79 bits per heavy atom. The average Bonchev–Trinajstić information content (AvgIpc) is 2.84. The van der Waals surface area contributed by atoms with Gasteiger partial charge in [0, 0.05) is 0 Å². The molecule has 0 aliphatic heterocycles. The smallest absolute Gasteiger partial charge is 0.148 e. The largest absolute Gasteiger partial charge is 0.489 e. The van der Waals surface area contributed by atoms with Crippen molar-refractivity contribution < 1.29 is 4.74 Å². The van der Waals surface area contributed by atoms with Crippen molar-refractivity contribution in [2.24, 2.45) is 5.10 Å². The van der Waals surface area contributed by atoms with E-state index in [1.165, 1.54) is 17.3 Å². The summed E-state index contributed by atoms with van der Waals surface area (Å²) in [5.41, 5.74) is 0.934. The maximum absolute atomic E-state index is 5.72. The fourth-order valence-corrected chi connectivity index (χ4v) is 2.80. The third-order valence-electron chi connectivity index (χ3n) is 2.12. The summed E-state index contributed by atoms with van der Waals surface area (Å²) in [5, 5.41) is 11.5. The first-order valence-electron chi connectivity index (χ1n) is 5.61. The molecule has 7 heteroatoms. The second-order valence-electron chi connectivity index (χ2n) is 4.07. The van der Waals surface area contributed by atoms with Gasteiger partial charge in [0.05, 0.1) is 21.3 Å². The van der Waals surface area contributed by atoms with Crippen LogP contribution >= 0.6 is 31.9 Å². The predicted molar refractivity (Wildman–Crippen MR) is 80.6 cm³/mol. The minimum Gasteiger partial charge on any atom is -0.489 e. The molecule has 0 N–H and O–H groups in total. The molecule has 0 radical (unpaired) electrons. The molecule has 0 aliphatic rings. The van der Waals surface area contributed by atoms with Crippen LogP contribution in [0.15, 0.2) is 38.8 Å². The van der Waals surface area contributed by atoms with E-state index in [1.807, 2.05) is 26.0 Å². The highest BCUT2D eigenvalue weighted by Gasteiger charge is 2.09. The van der Waals surface area contributed by atoms with Crippen molar-refractivity contribution in [2.75, 3.05) is 0 Å². The van der Waals surface area contributed by atoms with Gasteiger partial charge in [-0.15, -0.1) is 10.2 Å². The quantitative estimate of drug-likeness (QED) is 0.754. The highest BCUT2D eigenvalue weighted by Crippen LogP contribution is 2.35. The van der Waals surface area contributed by atoms with Crippen LogP contribution in [-0.2, 0) is 0 Å². The third kappa shape index (κ3) is 3.87. The Hall–Kier alpha value is -1.21. The van der Waals surface area contributed by atoms with Gasteiger partial charge in [0.25, 0.3) is 0 Å². The molecular weight excluding hydrogens is 376 g/mol. The van der Waals surface area contributed by atoms with Gasteiger partial charge in [0.15, 0.2) is 0 Å². The Kier molecular flexibility index (Phi) is 4.71. The van der Waals surface area contributed by atoms with E-state index in [2.05, 4.69) is 47.2 Å². The second-order valence-corrected chi connectivity index (χ2v) is 5.78. The number of hydrogen-bond donors (Lipinski definition) is 0. The van der Waals surface area contributed by atoms with Gasteiger partial charge in [-0.1, -0.05) is 0 Å². The van der Waals surface area contributed by atoms with Crippen molar-refractivity contribution >= 4 is 38.1 Å². The van der Waals surface area contributed by atoms with Crippen LogP contribution in [0.2, 0.25) is 0 Å². The zero-order valence-corrected chi connectivity index (χ0v) is 13.6. The van der Waals surface area contributed by atoms with Crippen molar-refractivity contribution in [3.05, 3.63) is 39.3 Å². The Morgan fingerprint density at radius 3 is 2.32 bits per heavy atom. The van der Waals surface area contributed by atoms with E-state index in [1.54, 1.807) is 6.21 Å². The van der Waals surface area contributed by atoms with Crippen molar-refractivity contribution in [1.82, 2.24) is 14.9 Å². The molecule has 0 amide bonds. The van der Waals surface area contributed by atoms with E-state index >= 15 is 0 Å². The van der Waals surface area contributed by atoms with Crippen LogP contribution in [0.4, 0.5) is 0 Å². The zero-order chi connectivity index (χ0) is 13.8. The maximum atomic E-state index is 5.72. The Labute approximate surface area is 127 Å². The molecule has 0 atom stereocenters. The second kappa shape index (κ2) is 6.29. The summed E-state index contributed by atoms with van der Waals surface area (Å²) in [6.07, 6.45) is 4.88. The number of nitrogens with zero attached hydrogens (tertiary/aromatic N) is 4. The van der Waals surface area contributed by atoms with Crippen LogP contribution in [-0.4, -0.2) is 27.2 Å². The molecule has 0 fully saturated rings. The molecule has 1 aromatic carbocycles. The number of hydrogen-bond acceptors (Lipinski definition) is 4. The molecule has 2 aromatic rings.